The summed E-state index contributed by atoms with van der Waals surface area (Å²) < 4.78 is 6.20. The van der Waals surface area contributed by atoms with Crippen molar-refractivity contribution in [2.75, 3.05) is 0 Å². The van der Waals surface area contributed by atoms with Crippen LogP contribution in [-0.4, -0.2) is 0 Å². The van der Waals surface area contributed by atoms with E-state index in [9.17, 15) is 0 Å². The summed E-state index contributed by atoms with van der Waals surface area (Å²) in [6.45, 7) is 18.0. The number of rotatable bonds is 1. The molecule has 1 aromatic carbocycles. The second-order valence-corrected chi connectivity index (χ2v) is 8.51. The van der Waals surface area contributed by atoms with Crippen molar-refractivity contribution >= 4 is 21.6 Å². The SMILES string of the molecule is Cc1c(C)c(C)[n+](C)c(-c2sc3c(C)c(C)c(C)c(C)c3[n+]2C)c1C. The molecule has 2 nitrogen and oxygen atoms in total. The first-order valence-electron chi connectivity index (χ1n) is 8.95. The Hall–Kier alpha value is -1.74. The Morgan fingerprint density at radius 1 is 0.560 bits per heavy atom. The summed E-state index contributed by atoms with van der Waals surface area (Å²) in [6, 6.07) is 0. The molecule has 0 atom stereocenters. The smallest absolute Gasteiger partial charge is 0.192 e. The molecule has 3 aromatic rings. The van der Waals surface area contributed by atoms with E-state index < -0.39 is 0 Å². The van der Waals surface area contributed by atoms with Crippen LogP contribution in [0, 0.1) is 55.4 Å². The van der Waals surface area contributed by atoms with Gasteiger partial charge >= 0.3 is 5.01 Å². The molecule has 2 aromatic heterocycles. The van der Waals surface area contributed by atoms with Crippen molar-refractivity contribution in [2.45, 2.75) is 55.4 Å². The van der Waals surface area contributed by atoms with Crippen LogP contribution >= 0.6 is 11.3 Å². The number of thiazole rings is 1. The molecule has 132 valence electrons. The lowest BCUT2D eigenvalue weighted by molar-refractivity contribution is -0.683. The molecule has 0 fully saturated rings. The predicted octanol–water partition coefficient (Wildman–Crippen LogP) is 4.68. The van der Waals surface area contributed by atoms with Gasteiger partial charge in [0, 0.05) is 23.6 Å². The normalized spacial score (nSPS) is 11.6. The summed E-state index contributed by atoms with van der Waals surface area (Å²) in [6.07, 6.45) is 0. The van der Waals surface area contributed by atoms with Gasteiger partial charge in [0.15, 0.2) is 5.69 Å². The third-order valence-corrected chi connectivity index (χ3v) is 7.87. The minimum absolute atomic E-state index is 1.34. The molecule has 0 spiro atoms. The Bertz CT molecular complexity index is 1010. The number of hydrogen-bond donors (Lipinski definition) is 0. The minimum Gasteiger partial charge on any atom is -0.192 e. The number of fused-ring (bicyclic) bond motifs is 1. The molecule has 3 rings (SSSR count). The molecule has 0 aliphatic carbocycles. The van der Waals surface area contributed by atoms with Gasteiger partial charge in [0.1, 0.15) is 18.8 Å². The van der Waals surface area contributed by atoms with E-state index >= 15 is 0 Å². The van der Waals surface area contributed by atoms with E-state index in [0.717, 1.165) is 0 Å². The highest BCUT2D eigenvalue weighted by molar-refractivity contribution is 7.21. The zero-order valence-electron chi connectivity index (χ0n) is 17.3. The zero-order valence-corrected chi connectivity index (χ0v) is 18.1. The Balaban J connectivity index is 2.50. The molecule has 3 heteroatoms. The highest BCUT2D eigenvalue weighted by atomic mass is 32.1. The first-order valence-corrected chi connectivity index (χ1v) is 9.76. The predicted molar refractivity (Wildman–Crippen MR) is 108 cm³/mol. The van der Waals surface area contributed by atoms with Gasteiger partial charge in [-0.3, -0.25) is 0 Å². The van der Waals surface area contributed by atoms with Crippen molar-refractivity contribution in [1.29, 1.82) is 0 Å². The van der Waals surface area contributed by atoms with Crippen LogP contribution in [-0.2, 0) is 14.1 Å². The largest absolute Gasteiger partial charge is 0.335 e. The molecule has 0 aliphatic heterocycles. The minimum atomic E-state index is 1.34. The van der Waals surface area contributed by atoms with Crippen LogP contribution in [0.4, 0.5) is 0 Å². The van der Waals surface area contributed by atoms with Crippen molar-refractivity contribution in [3.63, 3.8) is 0 Å². The first-order chi connectivity index (χ1) is 11.6. The van der Waals surface area contributed by atoms with Crippen LogP contribution in [0.2, 0.25) is 0 Å². The van der Waals surface area contributed by atoms with E-state index in [1.54, 1.807) is 0 Å². The highest BCUT2D eigenvalue weighted by Gasteiger charge is 2.33. The molecule has 0 saturated carbocycles. The third kappa shape index (κ3) is 2.36. The lowest BCUT2D eigenvalue weighted by Gasteiger charge is -2.10. The Kier molecular flexibility index (Phi) is 4.27. The number of aromatic nitrogens is 2. The van der Waals surface area contributed by atoms with Crippen molar-refractivity contribution < 1.29 is 9.13 Å². The summed E-state index contributed by atoms with van der Waals surface area (Å²) in [5.74, 6) is 0. The van der Waals surface area contributed by atoms with Crippen LogP contribution in [0.3, 0.4) is 0 Å². The van der Waals surface area contributed by atoms with Gasteiger partial charge in [-0.15, -0.1) is 0 Å². The van der Waals surface area contributed by atoms with E-state index in [-0.39, 0.29) is 0 Å². The van der Waals surface area contributed by atoms with Gasteiger partial charge in [-0.2, -0.15) is 9.13 Å². The maximum Gasteiger partial charge on any atom is 0.335 e. The lowest BCUT2D eigenvalue weighted by atomic mass is 9.98. The van der Waals surface area contributed by atoms with Gasteiger partial charge in [0.25, 0.3) is 5.69 Å². The lowest BCUT2D eigenvalue weighted by Crippen LogP contribution is -2.41. The maximum absolute atomic E-state index is 2.41. The summed E-state index contributed by atoms with van der Waals surface area (Å²) in [5, 5.41) is 1.34. The average Bonchev–Trinajstić information content (AvgIpc) is 2.92. The van der Waals surface area contributed by atoms with Gasteiger partial charge in [-0.05, 0) is 70.7 Å². The second-order valence-electron chi connectivity index (χ2n) is 7.51. The second kappa shape index (κ2) is 5.91. The fourth-order valence-electron chi connectivity index (χ4n) is 3.97. The van der Waals surface area contributed by atoms with Crippen LogP contribution in [0.25, 0.3) is 20.9 Å². The molecular formula is C22H30N2S+2. The van der Waals surface area contributed by atoms with Gasteiger partial charge in [0.05, 0.1) is 0 Å². The van der Waals surface area contributed by atoms with Crippen LogP contribution < -0.4 is 9.13 Å². The zero-order chi connectivity index (χ0) is 18.8. The molecule has 2 heterocycles. The fourth-order valence-corrected chi connectivity index (χ4v) is 5.47. The van der Waals surface area contributed by atoms with Gasteiger partial charge in [-0.1, -0.05) is 11.3 Å². The summed E-state index contributed by atoms with van der Waals surface area (Å²) in [7, 11) is 4.42. The van der Waals surface area contributed by atoms with Crippen molar-refractivity contribution in [2.24, 2.45) is 14.1 Å². The third-order valence-electron chi connectivity index (χ3n) is 6.50. The Labute approximate surface area is 155 Å². The summed E-state index contributed by atoms with van der Waals surface area (Å²) >= 11 is 1.93. The first kappa shape index (κ1) is 18.1. The monoisotopic (exact) mass is 354 g/mol. The molecule has 0 radical (unpaired) electrons. The Morgan fingerprint density at radius 3 is 1.68 bits per heavy atom. The highest BCUT2D eigenvalue weighted by Crippen LogP contribution is 2.36. The molecule has 0 aliphatic rings. The van der Waals surface area contributed by atoms with E-state index in [2.05, 4.69) is 78.6 Å². The molecule has 0 bridgehead atoms. The van der Waals surface area contributed by atoms with Crippen molar-refractivity contribution in [3.8, 4) is 10.7 Å². The van der Waals surface area contributed by atoms with Gasteiger partial charge in [0.2, 0.25) is 5.52 Å². The van der Waals surface area contributed by atoms with E-state index in [1.165, 1.54) is 65.6 Å². The molecule has 0 amide bonds. The number of pyridine rings is 1. The van der Waals surface area contributed by atoms with Crippen LogP contribution in [0.5, 0.6) is 0 Å². The van der Waals surface area contributed by atoms with Crippen LogP contribution in [0.15, 0.2) is 0 Å². The summed E-state index contributed by atoms with van der Waals surface area (Å²) in [5.41, 5.74) is 13.9. The molecule has 0 saturated heterocycles. The fraction of sp³-hybridized carbons (Fsp3) is 0.455. The molecule has 0 unspecified atom stereocenters. The quantitative estimate of drug-likeness (QED) is 0.560. The standard InChI is InChI=1S/C22H30N2S/c1-11-12(2)17(7)21-19(15(11)5)24(10)22(25-21)20-16(6)13(3)14(4)18(8)23(20)9/h1-10H3/q+2. The van der Waals surface area contributed by atoms with Gasteiger partial charge < -0.3 is 0 Å². The molecular weight excluding hydrogens is 324 g/mol. The maximum atomic E-state index is 2.41. The average molecular weight is 355 g/mol. The molecule has 0 N–H and O–H groups in total. The number of aryl methyl sites for hydroxylation is 3. The summed E-state index contributed by atoms with van der Waals surface area (Å²) in [4.78, 5) is 0. The van der Waals surface area contributed by atoms with Crippen molar-refractivity contribution in [3.05, 3.63) is 44.6 Å². The number of nitrogens with zero attached hydrogens (tertiary/aromatic N) is 2. The Morgan fingerprint density at radius 2 is 1.08 bits per heavy atom. The topological polar surface area (TPSA) is 7.76 Å². The number of benzene rings is 1. The van der Waals surface area contributed by atoms with Crippen LogP contribution in [0.1, 0.15) is 44.6 Å². The van der Waals surface area contributed by atoms with E-state index in [1.807, 2.05) is 11.3 Å². The van der Waals surface area contributed by atoms with Gasteiger partial charge in [-0.25, -0.2) is 0 Å². The van der Waals surface area contributed by atoms with E-state index in [0.29, 0.717) is 0 Å². The molecule has 25 heavy (non-hydrogen) atoms. The number of hydrogen-bond acceptors (Lipinski definition) is 1. The van der Waals surface area contributed by atoms with E-state index in [4.69, 9.17) is 0 Å². The van der Waals surface area contributed by atoms with Crippen molar-refractivity contribution in [1.82, 2.24) is 0 Å².